The lowest BCUT2D eigenvalue weighted by Crippen LogP contribution is -2.59. The minimum Gasteiger partial charge on any atom is -0.353 e. The van der Waals surface area contributed by atoms with Crippen LogP contribution >= 0.6 is 0 Å². The number of hydrogen-bond donors (Lipinski definition) is 1. The topological polar surface area (TPSA) is 73.2 Å². The summed E-state index contributed by atoms with van der Waals surface area (Å²) >= 11 is 0. The number of piperazine rings is 1. The maximum absolute atomic E-state index is 12.3. The largest absolute Gasteiger partial charge is 0.353 e. The van der Waals surface area contributed by atoms with Crippen molar-refractivity contribution in [3.05, 3.63) is 0 Å². The van der Waals surface area contributed by atoms with E-state index in [0.717, 1.165) is 0 Å². The lowest BCUT2D eigenvalue weighted by atomic mass is 9.86. The molecule has 2 atom stereocenters. The van der Waals surface area contributed by atoms with Gasteiger partial charge >= 0.3 is 0 Å². The molecule has 0 saturated carbocycles. The van der Waals surface area contributed by atoms with Crippen molar-refractivity contribution < 1.29 is 9.59 Å². The van der Waals surface area contributed by atoms with Gasteiger partial charge in [0.1, 0.15) is 11.5 Å². The molecule has 0 aromatic carbocycles. The standard InChI is InChI=1S/C12H19N3O2/c1-4-9-10(16)14-6-7-15(9)11(17)12(3,5-2)8-13/h9H,4-7H2,1-3H3,(H,14,16). The molecule has 1 heterocycles. The van der Waals surface area contributed by atoms with Crippen molar-refractivity contribution in [1.82, 2.24) is 10.2 Å². The van der Waals surface area contributed by atoms with Crippen molar-refractivity contribution in [2.75, 3.05) is 13.1 Å². The predicted octanol–water partition coefficient (Wildman–Crippen LogP) is 0.663. The number of carbonyl (C=O) groups is 2. The van der Waals surface area contributed by atoms with Crippen molar-refractivity contribution in [3.63, 3.8) is 0 Å². The van der Waals surface area contributed by atoms with E-state index in [0.29, 0.717) is 25.9 Å². The molecule has 1 rings (SSSR count). The van der Waals surface area contributed by atoms with Gasteiger partial charge in [-0.05, 0) is 19.8 Å². The molecule has 5 nitrogen and oxygen atoms in total. The molecule has 0 aromatic heterocycles. The van der Waals surface area contributed by atoms with E-state index in [1.54, 1.807) is 11.8 Å². The van der Waals surface area contributed by atoms with Gasteiger partial charge in [0, 0.05) is 13.1 Å². The van der Waals surface area contributed by atoms with Gasteiger partial charge in [-0.1, -0.05) is 13.8 Å². The van der Waals surface area contributed by atoms with Gasteiger partial charge in [-0.25, -0.2) is 0 Å². The van der Waals surface area contributed by atoms with Crippen LogP contribution in [0.25, 0.3) is 0 Å². The third-order valence-electron chi connectivity index (χ3n) is 3.40. The third kappa shape index (κ3) is 2.41. The van der Waals surface area contributed by atoms with Crippen LogP contribution < -0.4 is 5.32 Å². The highest BCUT2D eigenvalue weighted by atomic mass is 16.2. The first-order valence-electron chi connectivity index (χ1n) is 6.00. The van der Waals surface area contributed by atoms with E-state index in [1.165, 1.54) is 0 Å². The Labute approximate surface area is 102 Å². The summed E-state index contributed by atoms with van der Waals surface area (Å²) in [5.41, 5.74) is -1.02. The van der Waals surface area contributed by atoms with Gasteiger partial charge in [0.05, 0.1) is 6.07 Å². The van der Waals surface area contributed by atoms with Gasteiger partial charge in [-0.3, -0.25) is 9.59 Å². The molecule has 0 spiro atoms. The summed E-state index contributed by atoms with van der Waals surface area (Å²) < 4.78 is 0. The number of nitriles is 1. The monoisotopic (exact) mass is 237 g/mol. The molecule has 1 N–H and O–H groups in total. The number of nitrogens with zero attached hydrogens (tertiary/aromatic N) is 2. The third-order valence-corrected chi connectivity index (χ3v) is 3.40. The van der Waals surface area contributed by atoms with Crippen molar-refractivity contribution in [3.8, 4) is 6.07 Å². The van der Waals surface area contributed by atoms with E-state index < -0.39 is 11.5 Å². The Morgan fingerprint density at radius 2 is 2.29 bits per heavy atom. The van der Waals surface area contributed by atoms with E-state index >= 15 is 0 Å². The Balaban J connectivity index is 2.94. The van der Waals surface area contributed by atoms with E-state index in [-0.39, 0.29) is 11.8 Å². The maximum atomic E-state index is 12.3. The summed E-state index contributed by atoms with van der Waals surface area (Å²) in [5.74, 6) is -0.354. The highest BCUT2D eigenvalue weighted by Gasteiger charge is 2.40. The summed E-state index contributed by atoms with van der Waals surface area (Å²) in [6.45, 7) is 6.26. The van der Waals surface area contributed by atoms with Crippen LogP contribution in [0, 0.1) is 16.7 Å². The number of nitrogens with one attached hydrogen (secondary N) is 1. The lowest BCUT2D eigenvalue weighted by molar-refractivity contribution is -0.148. The molecule has 17 heavy (non-hydrogen) atoms. The first-order valence-corrected chi connectivity index (χ1v) is 6.00. The van der Waals surface area contributed by atoms with Crippen LogP contribution in [0.3, 0.4) is 0 Å². The van der Waals surface area contributed by atoms with Gasteiger partial charge < -0.3 is 10.2 Å². The van der Waals surface area contributed by atoms with E-state index in [4.69, 9.17) is 5.26 Å². The molecular weight excluding hydrogens is 218 g/mol. The van der Waals surface area contributed by atoms with E-state index in [1.807, 2.05) is 13.8 Å². The Bertz CT molecular complexity index is 361. The molecule has 0 aliphatic carbocycles. The summed E-state index contributed by atoms with van der Waals surface area (Å²) in [4.78, 5) is 25.5. The van der Waals surface area contributed by atoms with Crippen LogP contribution in [-0.2, 0) is 9.59 Å². The second kappa shape index (κ2) is 5.17. The van der Waals surface area contributed by atoms with Crippen molar-refractivity contribution in [2.45, 2.75) is 39.7 Å². The Hall–Kier alpha value is -1.57. The Morgan fingerprint density at radius 1 is 1.65 bits per heavy atom. The van der Waals surface area contributed by atoms with Crippen LogP contribution in [-0.4, -0.2) is 35.8 Å². The summed E-state index contributed by atoms with van der Waals surface area (Å²) in [7, 11) is 0. The highest BCUT2D eigenvalue weighted by molar-refractivity contribution is 5.92. The number of rotatable bonds is 3. The molecule has 1 saturated heterocycles. The Morgan fingerprint density at radius 3 is 2.76 bits per heavy atom. The van der Waals surface area contributed by atoms with Crippen LogP contribution in [0.1, 0.15) is 33.6 Å². The minimum atomic E-state index is -1.02. The zero-order valence-corrected chi connectivity index (χ0v) is 10.6. The minimum absolute atomic E-state index is 0.122. The van der Waals surface area contributed by atoms with Crippen molar-refractivity contribution in [2.24, 2.45) is 5.41 Å². The van der Waals surface area contributed by atoms with Crippen LogP contribution in [0.5, 0.6) is 0 Å². The number of hydrogen-bond acceptors (Lipinski definition) is 3. The molecule has 5 heteroatoms. The SMILES string of the molecule is CCC1C(=O)NCCN1C(=O)C(C)(C#N)CC. The second-order valence-corrected chi connectivity index (χ2v) is 4.51. The second-order valence-electron chi connectivity index (χ2n) is 4.51. The lowest BCUT2D eigenvalue weighted by Gasteiger charge is -2.37. The molecule has 1 aliphatic heterocycles. The van der Waals surface area contributed by atoms with Gasteiger partial charge in [0.2, 0.25) is 11.8 Å². The fraction of sp³-hybridized carbons (Fsp3) is 0.750. The normalized spacial score (nSPS) is 23.5. The summed E-state index contributed by atoms with van der Waals surface area (Å²) in [6.07, 6.45) is 1.03. The molecule has 94 valence electrons. The van der Waals surface area contributed by atoms with Gasteiger partial charge in [0.15, 0.2) is 0 Å². The Kier molecular flexibility index (Phi) is 4.11. The molecule has 2 amide bonds. The fourth-order valence-corrected chi connectivity index (χ4v) is 1.96. The molecule has 1 fully saturated rings. The maximum Gasteiger partial charge on any atom is 0.243 e. The van der Waals surface area contributed by atoms with Gasteiger partial charge in [-0.15, -0.1) is 0 Å². The zero-order chi connectivity index (χ0) is 13.1. The summed E-state index contributed by atoms with van der Waals surface area (Å²) in [6, 6.07) is 1.63. The predicted molar refractivity (Wildman–Crippen MR) is 62.8 cm³/mol. The van der Waals surface area contributed by atoms with Gasteiger partial charge in [-0.2, -0.15) is 5.26 Å². The molecule has 0 aromatic rings. The molecule has 1 aliphatic rings. The number of carbonyl (C=O) groups excluding carboxylic acids is 2. The van der Waals surface area contributed by atoms with Crippen molar-refractivity contribution in [1.29, 1.82) is 5.26 Å². The quantitative estimate of drug-likeness (QED) is 0.783. The molecule has 2 unspecified atom stereocenters. The van der Waals surface area contributed by atoms with Crippen LogP contribution in [0.2, 0.25) is 0 Å². The first-order chi connectivity index (χ1) is 8.00. The smallest absolute Gasteiger partial charge is 0.243 e. The average molecular weight is 237 g/mol. The van der Waals surface area contributed by atoms with E-state index in [2.05, 4.69) is 11.4 Å². The molecular formula is C12H19N3O2. The van der Waals surface area contributed by atoms with Crippen LogP contribution in [0.15, 0.2) is 0 Å². The average Bonchev–Trinajstić information content (AvgIpc) is 2.36. The van der Waals surface area contributed by atoms with Crippen LogP contribution in [0.4, 0.5) is 0 Å². The summed E-state index contributed by atoms with van der Waals surface area (Å²) in [5, 5.41) is 11.9. The van der Waals surface area contributed by atoms with Gasteiger partial charge in [0.25, 0.3) is 0 Å². The molecule has 0 bridgehead atoms. The van der Waals surface area contributed by atoms with E-state index in [9.17, 15) is 9.59 Å². The number of amides is 2. The zero-order valence-electron chi connectivity index (χ0n) is 10.6. The van der Waals surface area contributed by atoms with Crippen molar-refractivity contribution >= 4 is 11.8 Å². The highest BCUT2D eigenvalue weighted by Crippen LogP contribution is 2.25. The fourth-order valence-electron chi connectivity index (χ4n) is 1.96. The first kappa shape index (κ1) is 13.5. The molecule has 0 radical (unpaired) electrons.